The van der Waals surface area contributed by atoms with Gasteiger partial charge in [-0.1, -0.05) is 42.5 Å². The number of ketones is 1. The number of amides is 1. The number of rotatable bonds is 6. The highest BCUT2D eigenvalue weighted by molar-refractivity contribution is 7.22. The third kappa shape index (κ3) is 4.34. The number of aryl methyl sites for hydroxylation is 1. The van der Waals surface area contributed by atoms with Crippen LogP contribution in [0.25, 0.3) is 16.0 Å². The Morgan fingerprint density at radius 1 is 1.10 bits per heavy atom. The number of carbonyl (C=O) groups excluding carboxylic acids is 2. The van der Waals surface area contributed by atoms with Gasteiger partial charge in [0.05, 0.1) is 28.4 Å². The number of thiazole rings is 1. The zero-order chi connectivity index (χ0) is 27.3. The maximum atomic E-state index is 13.6. The molecule has 0 spiro atoms. The zero-order valence-corrected chi connectivity index (χ0v) is 22.7. The monoisotopic (exact) mass is 540 g/mol. The van der Waals surface area contributed by atoms with Crippen LogP contribution in [0.15, 0.2) is 66.2 Å². The molecule has 1 fully saturated rings. The van der Waals surface area contributed by atoms with Crippen LogP contribution in [0.5, 0.6) is 11.5 Å². The van der Waals surface area contributed by atoms with Crippen molar-refractivity contribution in [2.75, 3.05) is 11.5 Å². The number of hydrogen-bond acceptors (Lipinski definition) is 7. The summed E-state index contributed by atoms with van der Waals surface area (Å²) in [7, 11) is 0. The summed E-state index contributed by atoms with van der Waals surface area (Å²) in [5, 5.41) is 11.9. The molecule has 2 atom stereocenters. The molecule has 1 saturated heterocycles. The summed E-state index contributed by atoms with van der Waals surface area (Å²) < 4.78 is 12.3. The van der Waals surface area contributed by atoms with Crippen LogP contribution in [0.4, 0.5) is 5.13 Å². The molecule has 1 amide bonds. The number of hydrogen-bond donors (Lipinski definition) is 1. The van der Waals surface area contributed by atoms with E-state index >= 15 is 0 Å². The molecule has 7 nitrogen and oxygen atoms in total. The summed E-state index contributed by atoms with van der Waals surface area (Å²) in [5.74, 6) is -0.182. The van der Waals surface area contributed by atoms with E-state index in [1.807, 2.05) is 62.4 Å². The second-order valence-corrected chi connectivity index (χ2v) is 10.8. The number of carbonyl (C=O) groups is 2. The minimum Gasteiger partial charge on any atom is -0.507 e. The molecule has 1 aromatic heterocycles. The van der Waals surface area contributed by atoms with Gasteiger partial charge in [0, 0.05) is 12.0 Å². The van der Waals surface area contributed by atoms with Crippen LogP contribution in [0, 0.1) is 0 Å². The van der Waals surface area contributed by atoms with Crippen molar-refractivity contribution in [1.82, 2.24) is 4.98 Å². The molecule has 0 bridgehead atoms. The van der Waals surface area contributed by atoms with Crippen LogP contribution in [-0.4, -0.2) is 34.5 Å². The van der Waals surface area contributed by atoms with Gasteiger partial charge in [0.1, 0.15) is 23.4 Å². The molecule has 1 N–H and O–H groups in total. The fourth-order valence-electron chi connectivity index (χ4n) is 5.26. The lowest BCUT2D eigenvalue weighted by atomic mass is 9.94. The van der Waals surface area contributed by atoms with Gasteiger partial charge < -0.3 is 14.6 Å². The molecule has 0 saturated carbocycles. The summed E-state index contributed by atoms with van der Waals surface area (Å²) in [6.45, 7) is 6.50. The van der Waals surface area contributed by atoms with Crippen molar-refractivity contribution in [3.8, 4) is 11.5 Å². The normalized spacial score (nSPS) is 19.9. The van der Waals surface area contributed by atoms with E-state index in [1.54, 1.807) is 12.1 Å². The van der Waals surface area contributed by atoms with Crippen molar-refractivity contribution in [3.05, 3.63) is 88.5 Å². The van der Waals surface area contributed by atoms with Crippen LogP contribution < -0.4 is 14.4 Å². The third-order valence-electron chi connectivity index (χ3n) is 7.18. The minimum absolute atomic E-state index is 0.0438. The van der Waals surface area contributed by atoms with Crippen LogP contribution in [0.3, 0.4) is 0 Å². The van der Waals surface area contributed by atoms with E-state index in [-0.39, 0.29) is 17.4 Å². The standard InChI is InChI=1S/C31H28N2O5S/c1-4-18-6-8-19(9-7-18)27-26(28(34)20-10-13-24-21(15-20)14-17(3)38-24)29(35)30(36)33(27)31-32-23-12-11-22(37-5-2)16-25(23)39-31/h6-13,15-17,27,34H,4-5,14H2,1-3H3/b28-26+/t17-,27+/m0/s1. The van der Waals surface area contributed by atoms with E-state index in [0.717, 1.165) is 33.6 Å². The predicted octanol–water partition coefficient (Wildman–Crippen LogP) is 6.21. The number of nitrogens with zero attached hydrogens (tertiary/aromatic N) is 2. The average molecular weight is 541 g/mol. The van der Waals surface area contributed by atoms with Gasteiger partial charge in [-0.25, -0.2) is 4.98 Å². The second-order valence-electron chi connectivity index (χ2n) is 9.78. The number of aliphatic hydroxyl groups excluding tert-OH is 1. The quantitative estimate of drug-likeness (QED) is 0.178. The van der Waals surface area contributed by atoms with Crippen molar-refractivity contribution in [2.45, 2.75) is 45.8 Å². The predicted molar refractivity (Wildman–Crippen MR) is 152 cm³/mol. The molecule has 198 valence electrons. The van der Waals surface area contributed by atoms with Crippen LogP contribution in [0.2, 0.25) is 0 Å². The molecule has 8 heteroatoms. The Labute approximate surface area is 230 Å². The van der Waals surface area contributed by atoms with Gasteiger partial charge in [-0.3, -0.25) is 14.5 Å². The Hall–Kier alpha value is -4.17. The van der Waals surface area contributed by atoms with Gasteiger partial charge in [-0.05, 0) is 73.4 Å². The molecule has 3 heterocycles. The summed E-state index contributed by atoms with van der Waals surface area (Å²) in [5.41, 5.74) is 4.04. The molecular weight excluding hydrogens is 512 g/mol. The molecular formula is C31H28N2O5S. The largest absolute Gasteiger partial charge is 0.507 e. The highest BCUT2D eigenvalue weighted by Gasteiger charge is 2.48. The topological polar surface area (TPSA) is 89.0 Å². The third-order valence-corrected chi connectivity index (χ3v) is 8.20. The molecule has 39 heavy (non-hydrogen) atoms. The van der Waals surface area contributed by atoms with Crippen molar-refractivity contribution in [1.29, 1.82) is 0 Å². The molecule has 3 aromatic carbocycles. The Balaban J connectivity index is 1.50. The van der Waals surface area contributed by atoms with Gasteiger partial charge in [-0.15, -0.1) is 0 Å². The van der Waals surface area contributed by atoms with Crippen LogP contribution in [-0.2, 0) is 22.4 Å². The van der Waals surface area contributed by atoms with Gasteiger partial charge in [-0.2, -0.15) is 0 Å². The fraction of sp³-hybridized carbons (Fsp3) is 0.258. The molecule has 2 aliphatic rings. The lowest BCUT2D eigenvalue weighted by molar-refractivity contribution is -0.132. The van der Waals surface area contributed by atoms with E-state index in [4.69, 9.17) is 14.5 Å². The Morgan fingerprint density at radius 3 is 2.64 bits per heavy atom. The first-order valence-corrected chi connectivity index (χ1v) is 13.9. The number of anilines is 1. The maximum Gasteiger partial charge on any atom is 0.301 e. The van der Waals surface area contributed by atoms with Crippen LogP contribution >= 0.6 is 11.3 Å². The molecule has 0 radical (unpaired) electrons. The Morgan fingerprint density at radius 2 is 1.90 bits per heavy atom. The van der Waals surface area contributed by atoms with Gasteiger partial charge >= 0.3 is 5.91 Å². The van der Waals surface area contributed by atoms with Crippen molar-refractivity contribution in [3.63, 3.8) is 0 Å². The molecule has 6 rings (SSSR count). The lowest BCUT2D eigenvalue weighted by Crippen LogP contribution is -2.29. The smallest absolute Gasteiger partial charge is 0.301 e. The number of benzene rings is 3. The van der Waals surface area contributed by atoms with E-state index in [2.05, 4.69) is 6.92 Å². The lowest BCUT2D eigenvalue weighted by Gasteiger charge is -2.23. The number of fused-ring (bicyclic) bond motifs is 2. The first-order valence-electron chi connectivity index (χ1n) is 13.1. The molecule has 0 unspecified atom stereocenters. The Bertz CT molecular complexity index is 1640. The minimum atomic E-state index is -0.828. The maximum absolute atomic E-state index is 13.6. The van der Waals surface area contributed by atoms with Gasteiger partial charge in [0.15, 0.2) is 5.13 Å². The highest BCUT2D eigenvalue weighted by atomic mass is 32.1. The summed E-state index contributed by atoms with van der Waals surface area (Å²) >= 11 is 1.31. The molecule has 4 aromatic rings. The highest BCUT2D eigenvalue weighted by Crippen LogP contribution is 2.45. The van der Waals surface area contributed by atoms with Gasteiger partial charge in [0.2, 0.25) is 0 Å². The van der Waals surface area contributed by atoms with Gasteiger partial charge in [0.25, 0.3) is 5.78 Å². The summed E-state index contributed by atoms with van der Waals surface area (Å²) in [4.78, 5) is 33.3. The van der Waals surface area contributed by atoms with Crippen LogP contribution in [0.1, 0.15) is 49.1 Å². The number of Topliss-reactive ketones (excluding diaryl/α,β-unsaturated/α-hetero) is 1. The van der Waals surface area contributed by atoms with E-state index < -0.39 is 17.7 Å². The number of aliphatic hydroxyl groups is 1. The first-order chi connectivity index (χ1) is 18.9. The SMILES string of the molecule is CCOc1ccc2nc(N3C(=O)C(=O)/C(=C(/O)c4ccc5c(c4)C[C@H](C)O5)[C@H]3c3ccc(CC)cc3)sc2c1. The summed E-state index contributed by atoms with van der Waals surface area (Å²) in [6, 6.07) is 17.9. The Kier molecular flexibility index (Phi) is 6.35. The molecule has 2 aliphatic heterocycles. The first kappa shape index (κ1) is 25.1. The van der Waals surface area contributed by atoms with E-state index in [0.29, 0.717) is 35.0 Å². The fourth-order valence-corrected chi connectivity index (χ4v) is 6.28. The zero-order valence-electron chi connectivity index (χ0n) is 21.9. The van der Waals surface area contributed by atoms with Crippen molar-refractivity contribution < 1.29 is 24.2 Å². The second kappa shape index (κ2) is 9.85. The average Bonchev–Trinajstić information content (AvgIpc) is 3.60. The van der Waals surface area contributed by atoms with E-state index in [1.165, 1.54) is 16.2 Å². The number of ether oxygens (including phenoxy) is 2. The van der Waals surface area contributed by atoms with Crippen molar-refractivity contribution in [2.24, 2.45) is 0 Å². The molecule has 0 aliphatic carbocycles. The summed E-state index contributed by atoms with van der Waals surface area (Å²) in [6.07, 6.45) is 1.61. The van der Waals surface area contributed by atoms with Crippen molar-refractivity contribution >= 4 is 44.1 Å². The van der Waals surface area contributed by atoms with E-state index in [9.17, 15) is 14.7 Å². The number of aromatic nitrogens is 1.